The molecular weight excluding hydrogens is 486 g/mol. The van der Waals surface area contributed by atoms with Gasteiger partial charge in [0.1, 0.15) is 0 Å². The van der Waals surface area contributed by atoms with Gasteiger partial charge in [-0.2, -0.15) is 10.2 Å². The fraction of sp³-hybridized carbons (Fsp3) is 0.290. The molecule has 8 heteroatoms. The molecule has 1 fully saturated rings. The van der Waals surface area contributed by atoms with Gasteiger partial charge in [-0.05, 0) is 73.7 Å². The molecule has 194 valence electrons. The minimum absolute atomic E-state index is 0.257. The van der Waals surface area contributed by atoms with E-state index in [2.05, 4.69) is 72.9 Å². The van der Waals surface area contributed by atoms with Crippen LogP contribution in [0, 0.1) is 0 Å². The van der Waals surface area contributed by atoms with E-state index >= 15 is 0 Å². The van der Waals surface area contributed by atoms with Gasteiger partial charge in [-0.25, -0.2) is 0 Å². The molecule has 0 radical (unpaired) electrons. The van der Waals surface area contributed by atoms with Gasteiger partial charge < -0.3 is 4.42 Å². The van der Waals surface area contributed by atoms with Crippen molar-refractivity contribution in [1.29, 1.82) is 0 Å². The summed E-state index contributed by atoms with van der Waals surface area (Å²) in [6.07, 6.45) is 6.61. The number of aromatic nitrogens is 6. The number of hydrogen-bond acceptors (Lipinski definition) is 6. The molecule has 4 heterocycles. The van der Waals surface area contributed by atoms with Crippen LogP contribution < -0.4 is 0 Å². The molecule has 0 amide bonds. The third-order valence-corrected chi connectivity index (χ3v) is 8.49. The average Bonchev–Trinajstić information content (AvgIpc) is 3.77. The van der Waals surface area contributed by atoms with E-state index in [1.165, 1.54) is 24.0 Å². The van der Waals surface area contributed by atoms with Crippen molar-refractivity contribution in [3.8, 4) is 22.7 Å². The van der Waals surface area contributed by atoms with Crippen molar-refractivity contribution in [2.24, 2.45) is 7.05 Å². The smallest absolute Gasteiger partial charge is 0.247 e. The zero-order valence-electron chi connectivity index (χ0n) is 21.8. The standard InChI is InChI=1S/C31H29N7O/c1-37-17-23-15-20(8-11-26(23)36-37)29-25-16-21(9-12-27(25)32-33-29)30-34-35-31(39-30)22-6-4-14-38(18-22)28-13-10-19-5-2-3-7-24(19)28/h2-3,5,7-9,11-12,15-17,22,28H,4,6,10,13-14,18H2,1H3,(H,32,33). The molecule has 8 nitrogen and oxygen atoms in total. The van der Waals surface area contributed by atoms with Crippen LogP contribution in [0.25, 0.3) is 44.5 Å². The van der Waals surface area contributed by atoms with E-state index in [0.29, 0.717) is 11.9 Å². The molecule has 0 spiro atoms. The number of nitrogens with one attached hydrogen (secondary N) is 1. The van der Waals surface area contributed by atoms with E-state index < -0.39 is 0 Å². The van der Waals surface area contributed by atoms with Crippen molar-refractivity contribution < 1.29 is 4.42 Å². The van der Waals surface area contributed by atoms with Crippen LogP contribution in [0.3, 0.4) is 0 Å². The number of nitrogens with zero attached hydrogens (tertiary/aromatic N) is 6. The number of likely N-dealkylation sites (tertiary alicyclic amines) is 1. The third-order valence-electron chi connectivity index (χ3n) is 8.49. The minimum Gasteiger partial charge on any atom is -0.420 e. The average molecular weight is 516 g/mol. The molecule has 0 bridgehead atoms. The normalized spacial score (nSPS) is 19.7. The molecule has 1 saturated heterocycles. The first-order valence-electron chi connectivity index (χ1n) is 13.8. The summed E-state index contributed by atoms with van der Waals surface area (Å²) in [6.45, 7) is 2.09. The van der Waals surface area contributed by atoms with Crippen molar-refractivity contribution in [3.05, 3.63) is 83.9 Å². The van der Waals surface area contributed by atoms with E-state index in [0.717, 1.165) is 70.4 Å². The van der Waals surface area contributed by atoms with Crippen LogP contribution in [-0.4, -0.2) is 48.2 Å². The maximum absolute atomic E-state index is 6.33. The monoisotopic (exact) mass is 515 g/mol. The number of hydrogen-bond donors (Lipinski definition) is 1. The summed E-state index contributed by atoms with van der Waals surface area (Å²) < 4.78 is 8.16. The lowest BCUT2D eigenvalue weighted by Crippen LogP contribution is -2.36. The molecule has 1 aliphatic carbocycles. The second-order valence-electron chi connectivity index (χ2n) is 10.9. The van der Waals surface area contributed by atoms with E-state index in [-0.39, 0.29) is 5.92 Å². The van der Waals surface area contributed by atoms with Gasteiger partial charge >= 0.3 is 0 Å². The third kappa shape index (κ3) is 3.86. The first-order valence-corrected chi connectivity index (χ1v) is 13.8. The van der Waals surface area contributed by atoms with E-state index in [1.54, 1.807) is 0 Å². The molecule has 2 aliphatic rings. The quantitative estimate of drug-likeness (QED) is 0.308. The molecule has 3 aromatic carbocycles. The zero-order valence-corrected chi connectivity index (χ0v) is 21.8. The highest BCUT2D eigenvalue weighted by Crippen LogP contribution is 2.40. The maximum atomic E-state index is 6.33. The Bertz CT molecular complexity index is 1830. The lowest BCUT2D eigenvalue weighted by atomic mass is 9.95. The van der Waals surface area contributed by atoms with Crippen LogP contribution in [0.5, 0.6) is 0 Å². The van der Waals surface area contributed by atoms with Gasteiger partial charge in [0.25, 0.3) is 0 Å². The Kier molecular flexibility index (Phi) is 5.16. The SMILES string of the molecule is Cn1cc2cc(-c3n[nH]c4ccc(-c5nnc(C6CCCN(C7CCc8ccccc87)C6)o5)cc34)ccc2n1. The predicted octanol–water partition coefficient (Wildman–Crippen LogP) is 6.03. The fourth-order valence-corrected chi connectivity index (χ4v) is 6.58. The second kappa shape index (κ2) is 8.88. The molecule has 1 aliphatic heterocycles. The van der Waals surface area contributed by atoms with Crippen molar-refractivity contribution in [2.45, 2.75) is 37.6 Å². The molecule has 39 heavy (non-hydrogen) atoms. The highest BCUT2D eigenvalue weighted by molar-refractivity contribution is 5.97. The van der Waals surface area contributed by atoms with Crippen LogP contribution in [0.2, 0.25) is 0 Å². The summed E-state index contributed by atoms with van der Waals surface area (Å²) >= 11 is 0. The van der Waals surface area contributed by atoms with Crippen LogP contribution in [-0.2, 0) is 13.5 Å². The van der Waals surface area contributed by atoms with E-state index in [1.807, 2.05) is 36.1 Å². The minimum atomic E-state index is 0.257. The molecule has 6 aromatic rings. The maximum Gasteiger partial charge on any atom is 0.247 e. The van der Waals surface area contributed by atoms with Gasteiger partial charge in [0.2, 0.25) is 11.8 Å². The van der Waals surface area contributed by atoms with E-state index in [9.17, 15) is 0 Å². The lowest BCUT2D eigenvalue weighted by molar-refractivity contribution is 0.139. The summed E-state index contributed by atoms with van der Waals surface area (Å²) in [5.41, 5.74) is 7.79. The summed E-state index contributed by atoms with van der Waals surface area (Å²) in [4.78, 5) is 2.63. The molecule has 8 rings (SSSR count). The number of aromatic amines is 1. The van der Waals surface area contributed by atoms with Crippen LogP contribution in [0.1, 0.15) is 48.2 Å². The number of benzene rings is 3. The molecule has 0 saturated carbocycles. The van der Waals surface area contributed by atoms with Crippen LogP contribution >= 0.6 is 0 Å². The van der Waals surface area contributed by atoms with Crippen molar-refractivity contribution in [3.63, 3.8) is 0 Å². The number of piperidine rings is 1. The summed E-state index contributed by atoms with van der Waals surface area (Å²) in [5, 5.41) is 23.4. The van der Waals surface area contributed by atoms with Gasteiger partial charge in [0.15, 0.2) is 0 Å². The number of fused-ring (bicyclic) bond motifs is 3. The van der Waals surface area contributed by atoms with Crippen molar-refractivity contribution in [1.82, 2.24) is 35.1 Å². The Morgan fingerprint density at radius 2 is 1.90 bits per heavy atom. The Labute approximate surface area is 225 Å². The summed E-state index contributed by atoms with van der Waals surface area (Å²) in [7, 11) is 1.94. The fourth-order valence-electron chi connectivity index (χ4n) is 6.58. The summed E-state index contributed by atoms with van der Waals surface area (Å²) in [6, 6.07) is 21.8. The first-order chi connectivity index (χ1) is 19.2. The summed E-state index contributed by atoms with van der Waals surface area (Å²) in [5.74, 6) is 1.56. The largest absolute Gasteiger partial charge is 0.420 e. The van der Waals surface area contributed by atoms with Crippen molar-refractivity contribution in [2.75, 3.05) is 13.1 Å². The Morgan fingerprint density at radius 3 is 2.87 bits per heavy atom. The highest BCUT2D eigenvalue weighted by Gasteiger charge is 2.33. The number of aryl methyl sites for hydroxylation is 2. The van der Waals surface area contributed by atoms with Crippen LogP contribution in [0.4, 0.5) is 0 Å². The van der Waals surface area contributed by atoms with Gasteiger partial charge in [0.05, 0.1) is 22.6 Å². The van der Waals surface area contributed by atoms with Gasteiger partial charge in [-0.3, -0.25) is 14.7 Å². The first kappa shape index (κ1) is 22.7. The topological polar surface area (TPSA) is 88.7 Å². The zero-order chi connectivity index (χ0) is 25.9. The Balaban J connectivity index is 1.07. The predicted molar refractivity (Wildman–Crippen MR) is 150 cm³/mol. The molecule has 2 atom stereocenters. The Hall–Kier alpha value is -4.30. The van der Waals surface area contributed by atoms with Gasteiger partial charge in [-0.1, -0.05) is 30.3 Å². The molecule has 3 aromatic heterocycles. The van der Waals surface area contributed by atoms with Gasteiger partial charge in [0, 0.05) is 47.7 Å². The highest BCUT2D eigenvalue weighted by atomic mass is 16.4. The van der Waals surface area contributed by atoms with E-state index in [4.69, 9.17) is 4.42 Å². The second-order valence-corrected chi connectivity index (χ2v) is 10.9. The number of H-pyrrole nitrogens is 1. The lowest BCUT2D eigenvalue weighted by Gasteiger charge is -2.36. The number of rotatable bonds is 4. The van der Waals surface area contributed by atoms with Gasteiger partial charge in [-0.15, -0.1) is 10.2 Å². The molecule has 2 unspecified atom stereocenters. The molecule has 1 N–H and O–H groups in total. The molecular formula is C31H29N7O. The van der Waals surface area contributed by atoms with Crippen molar-refractivity contribution >= 4 is 21.8 Å². The van der Waals surface area contributed by atoms with Crippen LogP contribution in [0.15, 0.2) is 71.3 Å². The Morgan fingerprint density at radius 1 is 0.974 bits per heavy atom.